The van der Waals surface area contributed by atoms with Crippen molar-refractivity contribution in [1.29, 1.82) is 0 Å². The van der Waals surface area contributed by atoms with Crippen LogP contribution >= 0.6 is 0 Å². The first-order valence-corrected chi connectivity index (χ1v) is 9.84. The third-order valence-corrected chi connectivity index (χ3v) is 4.93. The predicted octanol–water partition coefficient (Wildman–Crippen LogP) is 5.17. The van der Waals surface area contributed by atoms with Gasteiger partial charge in [-0.3, -0.25) is 4.79 Å². The Morgan fingerprint density at radius 2 is 1.87 bits per heavy atom. The number of phenols is 2. The average molecular weight is 414 g/mol. The van der Waals surface area contributed by atoms with Gasteiger partial charge in [0.2, 0.25) is 0 Å². The number of nitrogens with zero attached hydrogens (tertiary/aromatic N) is 1. The van der Waals surface area contributed by atoms with E-state index in [1.54, 1.807) is 18.2 Å². The lowest BCUT2D eigenvalue weighted by molar-refractivity contribution is 0.0954. The molecule has 31 heavy (non-hydrogen) atoms. The zero-order valence-electron chi connectivity index (χ0n) is 17.2. The van der Waals surface area contributed by atoms with E-state index in [2.05, 4.69) is 10.5 Å². The molecule has 6 heteroatoms. The van der Waals surface area contributed by atoms with Crippen LogP contribution in [0.25, 0.3) is 22.1 Å². The zero-order valence-corrected chi connectivity index (χ0v) is 17.2. The first-order valence-electron chi connectivity index (χ1n) is 9.84. The van der Waals surface area contributed by atoms with Crippen molar-refractivity contribution in [3.63, 3.8) is 0 Å². The van der Waals surface area contributed by atoms with E-state index in [4.69, 9.17) is 4.42 Å². The van der Waals surface area contributed by atoms with Crippen molar-refractivity contribution < 1.29 is 19.4 Å². The minimum Gasteiger partial charge on any atom is -0.508 e. The Balaban J connectivity index is 1.52. The van der Waals surface area contributed by atoms with E-state index < -0.39 is 5.91 Å². The first-order chi connectivity index (χ1) is 14.9. The van der Waals surface area contributed by atoms with Crippen molar-refractivity contribution in [1.82, 2.24) is 5.43 Å². The van der Waals surface area contributed by atoms with E-state index in [-0.39, 0.29) is 11.5 Å². The van der Waals surface area contributed by atoms with Crippen LogP contribution < -0.4 is 5.43 Å². The van der Waals surface area contributed by atoms with Crippen molar-refractivity contribution in [2.45, 2.75) is 20.3 Å². The van der Waals surface area contributed by atoms with Crippen molar-refractivity contribution in [2.75, 3.05) is 0 Å². The SMILES string of the molecule is CC(Cc1ccc(O)c(-c2ccc3oc(C)cc3c2)c1)=NNC(=O)c1cccc(O)c1. The smallest absolute Gasteiger partial charge is 0.271 e. The van der Waals surface area contributed by atoms with Crippen LogP contribution in [0.2, 0.25) is 0 Å². The van der Waals surface area contributed by atoms with E-state index >= 15 is 0 Å². The van der Waals surface area contributed by atoms with Crippen LogP contribution in [-0.4, -0.2) is 21.8 Å². The summed E-state index contributed by atoms with van der Waals surface area (Å²) in [5, 5.41) is 25.0. The van der Waals surface area contributed by atoms with Gasteiger partial charge in [-0.1, -0.05) is 18.2 Å². The molecular formula is C25H22N2O4. The monoisotopic (exact) mass is 414 g/mol. The largest absolute Gasteiger partial charge is 0.508 e. The Kier molecular flexibility index (Phi) is 5.45. The molecule has 0 aliphatic carbocycles. The molecule has 0 atom stereocenters. The number of phenolic OH excluding ortho intramolecular Hbond substituents is 2. The number of hydrogen-bond acceptors (Lipinski definition) is 5. The van der Waals surface area contributed by atoms with Gasteiger partial charge in [-0.05, 0) is 73.5 Å². The molecule has 0 fully saturated rings. The molecular weight excluding hydrogens is 392 g/mol. The highest BCUT2D eigenvalue weighted by Gasteiger charge is 2.10. The topological polar surface area (TPSA) is 95.1 Å². The average Bonchev–Trinajstić information content (AvgIpc) is 3.12. The summed E-state index contributed by atoms with van der Waals surface area (Å²) in [7, 11) is 0. The molecule has 0 bridgehead atoms. The number of hydrazone groups is 1. The maximum atomic E-state index is 12.2. The molecule has 0 aliphatic heterocycles. The maximum absolute atomic E-state index is 12.2. The number of aryl methyl sites for hydroxylation is 1. The van der Waals surface area contributed by atoms with Crippen LogP contribution in [0.3, 0.4) is 0 Å². The molecule has 156 valence electrons. The van der Waals surface area contributed by atoms with Gasteiger partial charge < -0.3 is 14.6 Å². The highest BCUT2D eigenvalue weighted by Crippen LogP contribution is 2.33. The number of nitrogens with one attached hydrogen (secondary N) is 1. The highest BCUT2D eigenvalue weighted by atomic mass is 16.3. The Morgan fingerprint density at radius 1 is 1.03 bits per heavy atom. The van der Waals surface area contributed by atoms with Gasteiger partial charge in [-0.15, -0.1) is 0 Å². The van der Waals surface area contributed by atoms with E-state index in [0.717, 1.165) is 33.4 Å². The van der Waals surface area contributed by atoms with Crippen molar-refractivity contribution in [2.24, 2.45) is 5.10 Å². The molecule has 0 unspecified atom stereocenters. The van der Waals surface area contributed by atoms with Gasteiger partial charge in [0.15, 0.2) is 0 Å². The normalized spacial score (nSPS) is 11.6. The molecule has 0 radical (unpaired) electrons. The lowest BCUT2D eigenvalue weighted by Crippen LogP contribution is -2.19. The Hall–Kier alpha value is -4.06. The van der Waals surface area contributed by atoms with Crippen molar-refractivity contribution in [3.05, 3.63) is 83.6 Å². The fourth-order valence-electron chi connectivity index (χ4n) is 3.46. The van der Waals surface area contributed by atoms with E-state index in [1.807, 2.05) is 50.2 Å². The summed E-state index contributed by atoms with van der Waals surface area (Å²) in [6.45, 7) is 3.72. The fourth-order valence-corrected chi connectivity index (χ4v) is 3.46. The predicted molar refractivity (Wildman–Crippen MR) is 120 cm³/mol. The number of amides is 1. The fraction of sp³-hybridized carbons (Fsp3) is 0.120. The number of benzene rings is 3. The van der Waals surface area contributed by atoms with Gasteiger partial charge in [0.05, 0.1) is 0 Å². The molecule has 3 aromatic carbocycles. The number of hydrogen-bond donors (Lipinski definition) is 3. The molecule has 4 aromatic rings. The Bertz CT molecular complexity index is 1300. The highest BCUT2D eigenvalue weighted by molar-refractivity contribution is 5.95. The van der Waals surface area contributed by atoms with Crippen molar-refractivity contribution in [3.8, 4) is 22.6 Å². The van der Waals surface area contributed by atoms with Crippen LogP contribution in [-0.2, 0) is 6.42 Å². The molecule has 0 aliphatic rings. The quantitative estimate of drug-likeness (QED) is 0.310. The lowest BCUT2D eigenvalue weighted by atomic mass is 9.99. The molecule has 1 aromatic heterocycles. The number of fused-ring (bicyclic) bond motifs is 1. The summed E-state index contributed by atoms with van der Waals surface area (Å²) in [6.07, 6.45) is 0.501. The minimum absolute atomic E-state index is 0.0220. The van der Waals surface area contributed by atoms with Crippen LogP contribution in [0.15, 0.2) is 76.2 Å². The second-order valence-corrected chi connectivity index (χ2v) is 7.48. The van der Waals surface area contributed by atoms with Gasteiger partial charge in [-0.25, -0.2) is 5.43 Å². The molecule has 1 heterocycles. The molecule has 1 amide bonds. The van der Waals surface area contributed by atoms with Crippen LogP contribution in [0, 0.1) is 6.92 Å². The third kappa shape index (κ3) is 4.59. The van der Waals surface area contributed by atoms with Gasteiger partial charge in [0.25, 0.3) is 5.91 Å². The molecule has 0 saturated heterocycles. The second-order valence-electron chi connectivity index (χ2n) is 7.48. The van der Waals surface area contributed by atoms with Crippen LogP contribution in [0.5, 0.6) is 11.5 Å². The summed E-state index contributed by atoms with van der Waals surface area (Å²) in [5.41, 5.74) is 6.89. The molecule has 4 rings (SSSR count). The Morgan fingerprint density at radius 3 is 2.68 bits per heavy atom. The van der Waals surface area contributed by atoms with Gasteiger partial charge >= 0.3 is 0 Å². The number of carbonyl (C=O) groups excluding carboxylic acids is 1. The maximum Gasteiger partial charge on any atom is 0.271 e. The van der Waals surface area contributed by atoms with Gasteiger partial charge in [0, 0.05) is 28.6 Å². The lowest BCUT2D eigenvalue weighted by Gasteiger charge is -2.09. The van der Waals surface area contributed by atoms with Gasteiger partial charge in [-0.2, -0.15) is 5.10 Å². The number of furan rings is 1. The molecule has 3 N–H and O–H groups in total. The molecule has 6 nitrogen and oxygen atoms in total. The van der Waals surface area contributed by atoms with E-state index in [9.17, 15) is 15.0 Å². The zero-order chi connectivity index (χ0) is 22.0. The summed E-state index contributed by atoms with van der Waals surface area (Å²) in [5.74, 6) is 0.652. The second kappa shape index (κ2) is 8.36. The molecule has 0 spiro atoms. The summed E-state index contributed by atoms with van der Waals surface area (Å²) >= 11 is 0. The molecule has 0 saturated carbocycles. The number of rotatable bonds is 5. The summed E-state index contributed by atoms with van der Waals surface area (Å²) < 4.78 is 5.62. The summed E-state index contributed by atoms with van der Waals surface area (Å²) in [6, 6.07) is 19.2. The first kappa shape index (κ1) is 20.2. The third-order valence-electron chi connectivity index (χ3n) is 4.93. The van der Waals surface area contributed by atoms with Crippen molar-refractivity contribution >= 4 is 22.6 Å². The number of aromatic hydroxyl groups is 2. The van der Waals surface area contributed by atoms with E-state index in [0.29, 0.717) is 17.7 Å². The van der Waals surface area contributed by atoms with Crippen LogP contribution in [0.4, 0.5) is 0 Å². The standard InChI is InChI=1S/C25H22N2O4/c1-15(26-27-25(30)19-4-3-5-21(28)14-19)10-17-6-8-23(29)22(12-17)18-7-9-24-20(13-18)11-16(2)31-24/h3-9,11-14,28-29H,10H2,1-2H3,(H,27,30). The number of carbonyl (C=O) groups is 1. The van der Waals surface area contributed by atoms with Gasteiger partial charge in [0.1, 0.15) is 22.8 Å². The van der Waals surface area contributed by atoms with Crippen LogP contribution in [0.1, 0.15) is 28.6 Å². The van der Waals surface area contributed by atoms with E-state index in [1.165, 1.54) is 12.1 Å². The minimum atomic E-state index is -0.398. The Labute approximate surface area is 179 Å². The summed E-state index contributed by atoms with van der Waals surface area (Å²) in [4.78, 5) is 12.2.